The van der Waals surface area contributed by atoms with E-state index in [-0.39, 0.29) is 47.4 Å². The first-order chi connectivity index (χ1) is 25.6. The molecule has 4 aliphatic rings. The molecule has 16 heteroatoms. The van der Waals surface area contributed by atoms with Gasteiger partial charge in [0.05, 0.1) is 62.6 Å². The van der Waals surface area contributed by atoms with Crippen LogP contribution >= 0.6 is 23.2 Å². The van der Waals surface area contributed by atoms with Crippen molar-refractivity contribution in [3.8, 4) is 23.0 Å². The summed E-state index contributed by atoms with van der Waals surface area (Å²) < 4.78 is 41.8. The average molecular weight is 784 g/mol. The number of amides is 2. The van der Waals surface area contributed by atoms with E-state index in [1.165, 1.54) is 12.9 Å². The molecule has 4 heterocycles. The topological polar surface area (TPSA) is 127 Å². The van der Waals surface area contributed by atoms with Gasteiger partial charge in [0.2, 0.25) is 5.37 Å². The molecular weight excluding hydrogens is 744 g/mol. The minimum Gasteiger partial charge on any atom is -0.614 e. The summed E-state index contributed by atoms with van der Waals surface area (Å²) in [7, 11) is 4.48. The number of β-lactam (4-membered cyclic amide) rings is 1. The molecule has 2 amide bonds. The van der Waals surface area contributed by atoms with Crippen molar-refractivity contribution in [3.05, 3.63) is 93.6 Å². The summed E-state index contributed by atoms with van der Waals surface area (Å²) in [5, 5.41) is -1.51. The van der Waals surface area contributed by atoms with Crippen LogP contribution in [0.2, 0.25) is 5.02 Å². The Labute approximate surface area is 321 Å². The Bertz CT molecular complexity index is 1940. The lowest BCUT2D eigenvalue weighted by Crippen LogP contribution is -2.69. The van der Waals surface area contributed by atoms with Crippen molar-refractivity contribution in [1.82, 2.24) is 9.80 Å². The van der Waals surface area contributed by atoms with Crippen LogP contribution in [-0.4, -0.2) is 114 Å². The van der Waals surface area contributed by atoms with Gasteiger partial charge in [0.25, 0.3) is 11.8 Å². The largest absolute Gasteiger partial charge is 0.614 e. The maximum absolute atomic E-state index is 14.3. The molecule has 3 aromatic rings. The third-order valence-electron chi connectivity index (χ3n) is 10.5. The van der Waals surface area contributed by atoms with E-state index in [0.29, 0.717) is 47.5 Å². The Morgan fingerprint density at radius 1 is 0.962 bits per heavy atom. The van der Waals surface area contributed by atoms with Crippen molar-refractivity contribution < 1.29 is 47.0 Å². The zero-order valence-electron chi connectivity index (χ0n) is 29.5. The average Bonchev–Trinajstić information content (AvgIpc) is 3.50. The number of carbonyl (C=O) groups is 3. The monoisotopic (exact) mass is 782 g/mol. The van der Waals surface area contributed by atoms with Gasteiger partial charge in [-0.25, -0.2) is 4.79 Å². The van der Waals surface area contributed by atoms with Crippen LogP contribution in [0, 0.1) is 0 Å². The number of ether oxygens (including phenoxy) is 4. The van der Waals surface area contributed by atoms with E-state index in [9.17, 15) is 18.9 Å². The normalized spacial score (nSPS) is 24.7. The number of quaternary nitrogens is 1. The first-order valence-corrected chi connectivity index (χ1v) is 19.4. The Morgan fingerprint density at radius 2 is 1.60 bits per heavy atom. The van der Waals surface area contributed by atoms with Crippen LogP contribution in [-0.2, 0) is 38.6 Å². The molecule has 2 bridgehead atoms. The zero-order valence-corrected chi connectivity index (χ0v) is 31.9. The van der Waals surface area contributed by atoms with Gasteiger partial charge < -0.3 is 37.5 Å². The molecule has 3 aromatic carbocycles. The van der Waals surface area contributed by atoms with Crippen molar-refractivity contribution in [3.63, 3.8) is 0 Å². The van der Waals surface area contributed by atoms with Crippen molar-refractivity contribution >= 4 is 60.2 Å². The van der Waals surface area contributed by atoms with E-state index >= 15 is 0 Å². The number of carbonyl (C=O) groups excluding carboxylic acids is 3. The summed E-state index contributed by atoms with van der Waals surface area (Å²) in [6.07, 6.45) is 0.728. The summed E-state index contributed by atoms with van der Waals surface area (Å²) in [6, 6.07) is 18.3. The highest BCUT2D eigenvalue weighted by atomic mass is 35.5. The number of benzene rings is 3. The second kappa shape index (κ2) is 15.3. The van der Waals surface area contributed by atoms with Gasteiger partial charge in [0, 0.05) is 6.42 Å². The van der Waals surface area contributed by atoms with Gasteiger partial charge in [-0.2, -0.15) is 0 Å². The fourth-order valence-electron chi connectivity index (χ4n) is 7.65. The molecule has 0 radical (unpaired) electrons. The highest BCUT2D eigenvalue weighted by molar-refractivity contribution is 7.92. The van der Waals surface area contributed by atoms with Gasteiger partial charge >= 0.3 is 14.0 Å². The number of hydrogen-bond donors (Lipinski definition) is 0. The van der Waals surface area contributed by atoms with Gasteiger partial charge in [-0.1, -0.05) is 35.9 Å². The highest BCUT2D eigenvalue weighted by Crippen LogP contribution is 2.43. The van der Waals surface area contributed by atoms with Gasteiger partial charge in [0.1, 0.15) is 42.7 Å². The second-order valence-corrected chi connectivity index (χ2v) is 15.9. The SMILES string of the molecule is BOC(=O)C1=C(C[N@@+]23CC[C@@H](C2)N(C(=O)c2ccc(OCc4ccc(OC)cc4)c(OCc4ccc(OC)cc4)c2Cl)CC3)C[S+]([O-])[C@@H]2[C@H](Cl)C(=O)N12. The van der Waals surface area contributed by atoms with Crippen LogP contribution in [0.1, 0.15) is 27.9 Å². The van der Waals surface area contributed by atoms with Crippen molar-refractivity contribution in [2.75, 3.05) is 52.7 Å². The lowest BCUT2D eigenvalue weighted by molar-refractivity contribution is -0.916. The molecular formula is C37H39BCl2N3O9S+. The van der Waals surface area contributed by atoms with Crippen LogP contribution < -0.4 is 18.9 Å². The molecule has 0 spiro atoms. The Balaban J connectivity index is 1.10. The first-order valence-electron chi connectivity index (χ1n) is 17.2. The fraction of sp³-hybridized carbons (Fsp3) is 0.378. The molecule has 0 saturated carbocycles. The summed E-state index contributed by atoms with van der Waals surface area (Å²) in [5.74, 6) is 0.950. The van der Waals surface area contributed by atoms with Crippen molar-refractivity contribution in [1.29, 1.82) is 0 Å². The van der Waals surface area contributed by atoms with Gasteiger partial charge in [0.15, 0.2) is 16.9 Å². The number of nitrogens with zero attached hydrogens (tertiary/aromatic N) is 3. The molecule has 5 atom stereocenters. The molecule has 53 heavy (non-hydrogen) atoms. The lowest BCUT2D eigenvalue weighted by Gasteiger charge is -2.48. The van der Waals surface area contributed by atoms with Gasteiger partial charge in [-0.05, 0) is 58.7 Å². The van der Waals surface area contributed by atoms with E-state index in [0.717, 1.165) is 35.6 Å². The molecule has 278 valence electrons. The van der Waals surface area contributed by atoms with Crippen molar-refractivity contribution in [2.24, 2.45) is 0 Å². The summed E-state index contributed by atoms with van der Waals surface area (Å²) in [4.78, 5) is 43.0. The zero-order chi connectivity index (χ0) is 37.4. The van der Waals surface area contributed by atoms with E-state index < -0.39 is 33.8 Å². The molecule has 0 aliphatic carbocycles. The van der Waals surface area contributed by atoms with Crippen LogP contribution in [0.4, 0.5) is 0 Å². The summed E-state index contributed by atoms with van der Waals surface area (Å²) in [6.45, 7) is 3.25. The van der Waals surface area contributed by atoms with E-state index in [1.807, 2.05) is 53.4 Å². The van der Waals surface area contributed by atoms with Crippen LogP contribution in [0.25, 0.3) is 0 Å². The first kappa shape index (κ1) is 37.2. The number of halogens is 2. The summed E-state index contributed by atoms with van der Waals surface area (Å²) >= 11 is 11.8. The third-order valence-corrected chi connectivity index (χ3v) is 13.1. The number of rotatable bonds is 12. The van der Waals surface area contributed by atoms with Crippen LogP contribution in [0.3, 0.4) is 0 Å². The second-order valence-electron chi connectivity index (χ2n) is 13.6. The van der Waals surface area contributed by atoms with Crippen molar-refractivity contribution in [2.45, 2.75) is 36.4 Å². The quantitative estimate of drug-likeness (QED) is 0.0894. The predicted molar refractivity (Wildman–Crippen MR) is 200 cm³/mol. The molecule has 3 fully saturated rings. The molecule has 0 N–H and O–H groups in total. The Hall–Kier alpha value is -4.08. The number of methoxy groups -OCH3 is 2. The minimum absolute atomic E-state index is 0.0936. The summed E-state index contributed by atoms with van der Waals surface area (Å²) in [5.41, 5.74) is 2.86. The molecule has 3 saturated heterocycles. The molecule has 7 rings (SSSR count). The molecule has 1 unspecified atom stereocenters. The third kappa shape index (κ3) is 7.15. The Morgan fingerprint density at radius 3 is 2.23 bits per heavy atom. The van der Waals surface area contributed by atoms with E-state index in [2.05, 4.69) is 0 Å². The Kier molecular flexibility index (Phi) is 10.8. The van der Waals surface area contributed by atoms with Gasteiger partial charge in [-0.15, -0.1) is 11.6 Å². The minimum atomic E-state index is -1.45. The maximum Gasteiger partial charge on any atom is 0.337 e. The van der Waals surface area contributed by atoms with E-state index in [4.69, 9.17) is 46.8 Å². The highest BCUT2D eigenvalue weighted by Gasteiger charge is 2.61. The number of alkyl halides is 1. The number of hydrogen-bond acceptors (Lipinski definition) is 9. The molecule has 0 aromatic heterocycles. The fourth-order valence-corrected chi connectivity index (χ4v) is 10.1. The lowest BCUT2D eigenvalue weighted by atomic mass is 10.0. The van der Waals surface area contributed by atoms with Crippen LogP contribution in [0.5, 0.6) is 23.0 Å². The predicted octanol–water partition coefficient (Wildman–Crippen LogP) is 3.44. The van der Waals surface area contributed by atoms with Crippen LogP contribution in [0.15, 0.2) is 71.9 Å². The molecule has 12 nitrogen and oxygen atoms in total. The molecule has 4 aliphatic heterocycles. The number of piperazine rings is 1. The smallest absolute Gasteiger partial charge is 0.337 e. The van der Waals surface area contributed by atoms with E-state index in [1.54, 1.807) is 26.4 Å². The number of fused-ring (bicyclic) bond motifs is 3. The van der Waals surface area contributed by atoms with Gasteiger partial charge in [-0.3, -0.25) is 14.5 Å². The standard InChI is InChI=1S/C37H39BCl2N3O9S/c1-48-26-7-3-22(4-8-26)19-50-29-12-11-28(30(39)33(29)51-20-23-5-9-27(49-2)10-6-23)34(44)41-14-16-43(15-13-25(41)18-43)17-24-21-53(47)36-31(40)35(45)42(36)32(24)37(46)52-38/h3-12,25,31,36H,13-21,38H2,1-2H3/q+1/t25-,31+,36+,43-,53?/m0/s1. The maximum atomic E-state index is 14.3.